The molecule has 0 bridgehead atoms. The maximum Gasteiger partial charge on any atom is 0.256 e. The SMILES string of the molecule is CC(C)c1noc([C@@H]2CCCN2C(=O)c2cnc3c(c2)ncn3C2CCCC2)n1. The first-order valence-electron chi connectivity index (χ1n) is 10.6. The van der Waals surface area contributed by atoms with E-state index >= 15 is 0 Å². The Morgan fingerprint density at radius 3 is 2.76 bits per heavy atom. The summed E-state index contributed by atoms with van der Waals surface area (Å²) in [4.78, 5) is 28.7. The number of aromatic nitrogens is 5. The van der Waals surface area contributed by atoms with Gasteiger partial charge in [-0.15, -0.1) is 0 Å². The monoisotopic (exact) mass is 394 g/mol. The minimum absolute atomic E-state index is 0.0541. The molecule has 0 radical (unpaired) electrons. The molecule has 4 heterocycles. The van der Waals surface area contributed by atoms with Crippen LogP contribution in [0.3, 0.4) is 0 Å². The molecule has 1 saturated heterocycles. The molecule has 0 N–H and O–H groups in total. The summed E-state index contributed by atoms with van der Waals surface area (Å²) in [5, 5.41) is 4.06. The number of hydrogen-bond donors (Lipinski definition) is 0. The first-order chi connectivity index (χ1) is 14.1. The van der Waals surface area contributed by atoms with Gasteiger partial charge in [-0.05, 0) is 31.7 Å². The van der Waals surface area contributed by atoms with Crippen LogP contribution in [0.25, 0.3) is 11.2 Å². The van der Waals surface area contributed by atoms with E-state index in [4.69, 9.17) is 4.52 Å². The van der Waals surface area contributed by atoms with E-state index in [9.17, 15) is 4.79 Å². The van der Waals surface area contributed by atoms with E-state index < -0.39 is 0 Å². The van der Waals surface area contributed by atoms with E-state index in [0.29, 0.717) is 29.9 Å². The Labute approximate surface area is 169 Å². The zero-order chi connectivity index (χ0) is 20.0. The maximum atomic E-state index is 13.2. The van der Waals surface area contributed by atoms with Crippen molar-refractivity contribution in [1.29, 1.82) is 0 Å². The summed E-state index contributed by atoms with van der Waals surface area (Å²) in [6, 6.07) is 2.16. The third-order valence-corrected chi connectivity index (χ3v) is 6.15. The molecule has 1 amide bonds. The van der Waals surface area contributed by atoms with E-state index in [1.807, 2.05) is 31.1 Å². The normalized spacial score (nSPS) is 20.4. The van der Waals surface area contributed by atoms with Crippen molar-refractivity contribution in [2.45, 2.75) is 70.4 Å². The quantitative estimate of drug-likeness (QED) is 0.664. The summed E-state index contributed by atoms with van der Waals surface area (Å²) >= 11 is 0. The Bertz CT molecular complexity index is 1030. The van der Waals surface area contributed by atoms with Gasteiger partial charge in [-0.3, -0.25) is 4.79 Å². The molecule has 0 unspecified atom stereocenters. The van der Waals surface area contributed by atoms with Gasteiger partial charge in [0.1, 0.15) is 11.6 Å². The van der Waals surface area contributed by atoms with Crippen LogP contribution in [-0.4, -0.2) is 42.0 Å². The number of rotatable bonds is 4. The van der Waals surface area contributed by atoms with E-state index in [1.165, 1.54) is 25.7 Å². The molecule has 3 aromatic heterocycles. The van der Waals surface area contributed by atoms with Gasteiger partial charge in [0.25, 0.3) is 5.91 Å². The first-order valence-corrected chi connectivity index (χ1v) is 10.6. The molecule has 0 spiro atoms. The fraction of sp³-hybridized carbons (Fsp3) is 0.571. The molecule has 152 valence electrons. The summed E-state index contributed by atoms with van der Waals surface area (Å²) < 4.78 is 7.64. The second kappa shape index (κ2) is 7.24. The highest BCUT2D eigenvalue weighted by Crippen LogP contribution is 2.34. The lowest BCUT2D eigenvalue weighted by molar-refractivity contribution is 0.0710. The Morgan fingerprint density at radius 2 is 2.00 bits per heavy atom. The van der Waals surface area contributed by atoms with Gasteiger partial charge in [0.15, 0.2) is 11.5 Å². The molecular formula is C21H26N6O2. The average molecular weight is 394 g/mol. The van der Waals surface area contributed by atoms with Crippen LogP contribution in [0.15, 0.2) is 23.1 Å². The molecule has 1 aliphatic carbocycles. The van der Waals surface area contributed by atoms with E-state index in [1.54, 1.807) is 6.20 Å². The minimum atomic E-state index is -0.172. The second-order valence-corrected chi connectivity index (χ2v) is 8.46. The molecule has 5 rings (SSSR count). The largest absolute Gasteiger partial charge is 0.337 e. The number of hydrogen-bond acceptors (Lipinski definition) is 6. The zero-order valence-electron chi connectivity index (χ0n) is 16.9. The summed E-state index contributed by atoms with van der Waals surface area (Å²) in [5.74, 6) is 1.35. The maximum absolute atomic E-state index is 13.2. The number of amides is 1. The van der Waals surface area contributed by atoms with Crippen molar-refractivity contribution in [3.05, 3.63) is 35.9 Å². The van der Waals surface area contributed by atoms with Gasteiger partial charge in [-0.2, -0.15) is 4.98 Å². The highest BCUT2D eigenvalue weighted by Gasteiger charge is 2.35. The highest BCUT2D eigenvalue weighted by molar-refractivity contribution is 5.96. The third-order valence-electron chi connectivity index (χ3n) is 6.15. The van der Waals surface area contributed by atoms with Crippen molar-refractivity contribution < 1.29 is 9.32 Å². The summed E-state index contributed by atoms with van der Waals surface area (Å²) in [6.07, 6.45) is 10.2. The zero-order valence-corrected chi connectivity index (χ0v) is 16.9. The summed E-state index contributed by atoms with van der Waals surface area (Å²) in [5.41, 5.74) is 2.20. The Hall–Kier alpha value is -2.77. The summed E-state index contributed by atoms with van der Waals surface area (Å²) in [7, 11) is 0. The topological polar surface area (TPSA) is 89.9 Å². The van der Waals surface area contributed by atoms with Gasteiger partial charge in [0, 0.05) is 24.7 Å². The van der Waals surface area contributed by atoms with E-state index in [2.05, 4.69) is 24.7 Å². The number of carbonyl (C=O) groups excluding carboxylic acids is 1. The minimum Gasteiger partial charge on any atom is -0.337 e. The predicted molar refractivity (Wildman–Crippen MR) is 106 cm³/mol. The van der Waals surface area contributed by atoms with Crippen LogP contribution in [0.5, 0.6) is 0 Å². The number of pyridine rings is 1. The Balaban J connectivity index is 1.40. The number of imidazole rings is 1. The standard InChI is InChI=1S/C21H26N6O2/c1-13(2)18-24-20(29-25-18)17-8-5-9-26(17)21(28)14-10-16-19(22-11-14)27(12-23-16)15-6-3-4-7-15/h10-13,15,17H,3-9H2,1-2H3/t17-/m0/s1. The molecule has 0 aromatic carbocycles. The van der Waals surface area contributed by atoms with Crippen LogP contribution in [0.4, 0.5) is 0 Å². The van der Waals surface area contributed by atoms with Crippen LogP contribution in [0, 0.1) is 0 Å². The van der Waals surface area contributed by atoms with Gasteiger partial charge < -0.3 is 14.0 Å². The fourth-order valence-electron chi connectivity index (χ4n) is 4.54. The van der Waals surface area contributed by atoms with Crippen molar-refractivity contribution >= 4 is 17.1 Å². The third kappa shape index (κ3) is 3.20. The highest BCUT2D eigenvalue weighted by atomic mass is 16.5. The molecule has 1 saturated carbocycles. The number of fused-ring (bicyclic) bond motifs is 1. The van der Waals surface area contributed by atoms with Crippen molar-refractivity contribution in [2.24, 2.45) is 0 Å². The molecule has 8 heteroatoms. The van der Waals surface area contributed by atoms with Crippen molar-refractivity contribution in [3.8, 4) is 0 Å². The molecule has 29 heavy (non-hydrogen) atoms. The predicted octanol–water partition coefficient (Wildman–Crippen LogP) is 4.03. The van der Waals surface area contributed by atoms with Crippen LogP contribution < -0.4 is 0 Å². The smallest absolute Gasteiger partial charge is 0.256 e. The molecule has 2 fully saturated rings. The van der Waals surface area contributed by atoms with Crippen LogP contribution >= 0.6 is 0 Å². The van der Waals surface area contributed by atoms with Crippen molar-refractivity contribution in [2.75, 3.05) is 6.54 Å². The number of carbonyl (C=O) groups is 1. The van der Waals surface area contributed by atoms with E-state index in [-0.39, 0.29) is 17.9 Å². The lowest BCUT2D eigenvalue weighted by atomic mass is 10.2. The first kappa shape index (κ1) is 18.3. The van der Waals surface area contributed by atoms with Gasteiger partial charge in [0.2, 0.25) is 5.89 Å². The Morgan fingerprint density at radius 1 is 1.17 bits per heavy atom. The Kier molecular flexibility index (Phi) is 4.56. The van der Waals surface area contributed by atoms with E-state index in [0.717, 1.165) is 24.0 Å². The van der Waals surface area contributed by atoms with Crippen LogP contribution in [-0.2, 0) is 0 Å². The average Bonchev–Trinajstić information content (AvgIpc) is 3.52. The molecule has 1 atom stereocenters. The fourth-order valence-corrected chi connectivity index (χ4v) is 4.54. The van der Waals surface area contributed by atoms with Gasteiger partial charge in [-0.1, -0.05) is 31.8 Å². The molecule has 2 aliphatic rings. The molecule has 1 aliphatic heterocycles. The molecule has 3 aromatic rings. The van der Waals surface area contributed by atoms with Crippen molar-refractivity contribution in [3.63, 3.8) is 0 Å². The summed E-state index contributed by atoms with van der Waals surface area (Å²) in [6.45, 7) is 4.73. The lowest BCUT2D eigenvalue weighted by Crippen LogP contribution is -2.30. The molecule has 8 nitrogen and oxygen atoms in total. The second-order valence-electron chi connectivity index (χ2n) is 8.46. The van der Waals surface area contributed by atoms with Crippen molar-refractivity contribution in [1.82, 2.24) is 29.6 Å². The van der Waals surface area contributed by atoms with Gasteiger partial charge >= 0.3 is 0 Å². The van der Waals surface area contributed by atoms with Gasteiger partial charge in [-0.25, -0.2) is 9.97 Å². The van der Waals surface area contributed by atoms with Crippen LogP contribution in [0.2, 0.25) is 0 Å². The number of nitrogens with zero attached hydrogens (tertiary/aromatic N) is 6. The van der Waals surface area contributed by atoms with Gasteiger partial charge in [0.05, 0.1) is 11.9 Å². The molecular weight excluding hydrogens is 368 g/mol. The number of likely N-dealkylation sites (tertiary alicyclic amines) is 1. The lowest BCUT2D eigenvalue weighted by Gasteiger charge is -2.21. The van der Waals surface area contributed by atoms with Crippen LogP contribution in [0.1, 0.15) is 92.4 Å².